The first-order valence-corrected chi connectivity index (χ1v) is 7.01. The summed E-state index contributed by atoms with van der Waals surface area (Å²) in [5, 5.41) is 3.43. The number of ether oxygens (including phenoxy) is 1. The van der Waals surface area contributed by atoms with Crippen LogP contribution in [0.15, 0.2) is 30.6 Å². The number of rotatable bonds is 5. The highest BCUT2D eigenvalue weighted by Crippen LogP contribution is 2.25. The molecule has 4 nitrogen and oxygen atoms in total. The normalized spacial score (nSPS) is 14.3. The van der Waals surface area contributed by atoms with Crippen molar-refractivity contribution in [3.05, 3.63) is 47.4 Å². The van der Waals surface area contributed by atoms with Crippen molar-refractivity contribution in [1.82, 2.24) is 15.3 Å². The van der Waals surface area contributed by atoms with Crippen LogP contribution in [0.5, 0.6) is 11.6 Å². The molecule has 0 radical (unpaired) electrons. The molecule has 1 saturated carbocycles. The Morgan fingerprint density at radius 3 is 2.90 bits per heavy atom. The quantitative estimate of drug-likeness (QED) is 0.906. The molecule has 0 atom stereocenters. The molecule has 104 valence electrons. The minimum absolute atomic E-state index is 0.550. The van der Waals surface area contributed by atoms with E-state index in [2.05, 4.69) is 35.2 Å². The molecule has 1 heterocycles. The van der Waals surface area contributed by atoms with Crippen molar-refractivity contribution < 1.29 is 4.74 Å². The molecule has 1 aliphatic rings. The zero-order chi connectivity index (χ0) is 13.9. The number of aryl methyl sites for hydroxylation is 1. The van der Waals surface area contributed by atoms with E-state index >= 15 is 0 Å². The molecule has 0 saturated heterocycles. The van der Waals surface area contributed by atoms with E-state index in [1.165, 1.54) is 18.4 Å². The Hall–Kier alpha value is -1.94. The van der Waals surface area contributed by atoms with Crippen molar-refractivity contribution in [3.8, 4) is 11.6 Å². The van der Waals surface area contributed by atoms with Crippen LogP contribution in [0.25, 0.3) is 0 Å². The molecule has 1 N–H and O–H groups in total. The summed E-state index contributed by atoms with van der Waals surface area (Å²) in [6.45, 7) is 4.88. The van der Waals surface area contributed by atoms with E-state index in [0.29, 0.717) is 11.9 Å². The number of benzene rings is 1. The third kappa shape index (κ3) is 3.14. The number of nitrogens with zero attached hydrogens (tertiary/aromatic N) is 2. The first-order chi connectivity index (χ1) is 9.72. The lowest BCUT2D eigenvalue weighted by Crippen LogP contribution is -2.16. The fraction of sp³-hybridized carbons (Fsp3) is 0.375. The molecule has 0 aliphatic heterocycles. The zero-order valence-corrected chi connectivity index (χ0v) is 11.9. The lowest BCUT2D eigenvalue weighted by Gasteiger charge is -2.10. The molecule has 1 aromatic carbocycles. The second-order valence-corrected chi connectivity index (χ2v) is 5.30. The van der Waals surface area contributed by atoms with Gasteiger partial charge in [0.25, 0.3) is 0 Å². The minimum atomic E-state index is 0.550. The third-order valence-electron chi connectivity index (χ3n) is 3.58. The van der Waals surface area contributed by atoms with Crippen molar-refractivity contribution in [2.24, 2.45) is 0 Å². The smallest absolute Gasteiger partial charge is 0.238 e. The van der Waals surface area contributed by atoms with Gasteiger partial charge in [-0.3, -0.25) is 4.98 Å². The highest BCUT2D eigenvalue weighted by atomic mass is 16.5. The van der Waals surface area contributed by atoms with Gasteiger partial charge in [0.05, 0.1) is 11.9 Å². The van der Waals surface area contributed by atoms with Gasteiger partial charge in [-0.1, -0.05) is 12.1 Å². The summed E-state index contributed by atoms with van der Waals surface area (Å²) < 4.78 is 5.85. The van der Waals surface area contributed by atoms with Gasteiger partial charge >= 0.3 is 0 Å². The number of hydrogen-bond acceptors (Lipinski definition) is 4. The van der Waals surface area contributed by atoms with Gasteiger partial charge < -0.3 is 10.1 Å². The van der Waals surface area contributed by atoms with Gasteiger partial charge in [0.15, 0.2) is 0 Å². The van der Waals surface area contributed by atoms with Crippen LogP contribution in [-0.4, -0.2) is 16.0 Å². The van der Waals surface area contributed by atoms with Crippen LogP contribution in [0, 0.1) is 13.8 Å². The van der Waals surface area contributed by atoms with Crippen molar-refractivity contribution in [2.75, 3.05) is 0 Å². The van der Waals surface area contributed by atoms with Crippen molar-refractivity contribution in [1.29, 1.82) is 0 Å². The van der Waals surface area contributed by atoms with Gasteiger partial charge in [0, 0.05) is 18.8 Å². The predicted molar refractivity (Wildman–Crippen MR) is 77.9 cm³/mol. The molecule has 20 heavy (non-hydrogen) atoms. The summed E-state index contributed by atoms with van der Waals surface area (Å²) >= 11 is 0. The topological polar surface area (TPSA) is 47.0 Å². The van der Waals surface area contributed by atoms with Crippen LogP contribution in [0.4, 0.5) is 0 Å². The first-order valence-electron chi connectivity index (χ1n) is 7.01. The summed E-state index contributed by atoms with van der Waals surface area (Å²) in [6, 6.07) is 6.69. The molecular formula is C16H19N3O. The highest BCUT2D eigenvalue weighted by Gasteiger charge is 2.20. The van der Waals surface area contributed by atoms with Crippen LogP contribution >= 0.6 is 0 Å². The van der Waals surface area contributed by atoms with Crippen LogP contribution < -0.4 is 10.1 Å². The zero-order valence-electron chi connectivity index (χ0n) is 11.9. The van der Waals surface area contributed by atoms with E-state index < -0.39 is 0 Å². The maximum Gasteiger partial charge on any atom is 0.238 e. The van der Waals surface area contributed by atoms with E-state index in [1.54, 1.807) is 12.4 Å². The number of aromatic nitrogens is 2. The lowest BCUT2D eigenvalue weighted by atomic mass is 10.1. The number of nitrogens with one attached hydrogen (secondary N) is 1. The van der Waals surface area contributed by atoms with E-state index in [0.717, 1.165) is 23.6 Å². The lowest BCUT2D eigenvalue weighted by molar-refractivity contribution is 0.452. The van der Waals surface area contributed by atoms with Gasteiger partial charge in [0.2, 0.25) is 5.88 Å². The largest absolute Gasteiger partial charge is 0.437 e. The molecular weight excluding hydrogens is 250 g/mol. The van der Waals surface area contributed by atoms with Gasteiger partial charge in [-0.15, -0.1) is 0 Å². The Bertz CT molecular complexity index is 608. The molecule has 2 aromatic rings. The Balaban J connectivity index is 1.72. The summed E-state index contributed by atoms with van der Waals surface area (Å²) in [6.07, 6.45) is 5.98. The average Bonchev–Trinajstić information content (AvgIpc) is 3.26. The van der Waals surface area contributed by atoms with Crippen LogP contribution in [0.1, 0.15) is 29.7 Å². The van der Waals surface area contributed by atoms with Gasteiger partial charge in [-0.2, -0.15) is 0 Å². The van der Waals surface area contributed by atoms with Crippen LogP contribution in [0.3, 0.4) is 0 Å². The Labute approximate surface area is 119 Å². The molecule has 0 amide bonds. The fourth-order valence-corrected chi connectivity index (χ4v) is 2.00. The Kier molecular flexibility index (Phi) is 3.65. The summed E-state index contributed by atoms with van der Waals surface area (Å²) in [4.78, 5) is 8.70. The van der Waals surface area contributed by atoms with E-state index in [4.69, 9.17) is 4.74 Å². The van der Waals surface area contributed by atoms with Crippen molar-refractivity contribution in [3.63, 3.8) is 0 Å². The molecule has 1 aromatic heterocycles. The third-order valence-corrected chi connectivity index (χ3v) is 3.58. The molecule has 0 spiro atoms. The number of hydrogen-bond donors (Lipinski definition) is 1. The summed E-state index contributed by atoms with van der Waals surface area (Å²) in [7, 11) is 0. The van der Waals surface area contributed by atoms with Gasteiger partial charge in [0.1, 0.15) is 5.75 Å². The maximum absolute atomic E-state index is 5.85. The Morgan fingerprint density at radius 2 is 2.10 bits per heavy atom. The van der Waals surface area contributed by atoms with E-state index in [1.807, 2.05) is 12.1 Å². The average molecular weight is 269 g/mol. The van der Waals surface area contributed by atoms with Gasteiger partial charge in [-0.25, -0.2) is 4.98 Å². The van der Waals surface area contributed by atoms with Crippen LogP contribution in [0.2, 0.25) is 0 Å². The molecule has 1 fully saturated rings. The van der Waals surface area contributed by atoms with Gasteiger partial charge in [-0.05, 0) is 43.9 Å². The second-order valence-electron chi connectivity index (χ2n) is 5.30. The van der Waals surface area contributed by atoms with Crippen LogP contribution in [-0.2, 0) is 6.54 Å². The predicted octanol–water partition coefficient (Wildman–Crippen LogP) is 3.14. The first kappa shape index (κ1) is 13.1. The standard InChI is InChI=1S/C16H19N3O/c1-11-4-3-5-15(12(11)2)20-16-10-17-8-14(19-16)9-18-13-6-7-13/h3-5,8,10,13,18H,6-7,9H2,1-2H3. The molecule has 0 unspecified atom stereocenters. The van der Waals surface area contributed by atoms with E-state index in [9.17, 15) is 0 Å². The molecule has 3 rings (SSSR count). The Morgan fingerprint density at radius 1 is 1.25 bits per heavy atom. The molecule has 1 aliphatic carbocycles. The maximum atomic E-state index is 5.85. The van der Waals surface area contributed by atoms with E-state index in [-0.39, 0.29) is 0 Å². The highest BCUT2D eigenvalue weighted by molar-refractivity contribution is 5.40. The van der Waals surface area contributed by atoms with Crippen molar-refractivity contribution >= 4 is 0 Å². The fourth-order valence-electron chi connectivity index (χ4n) is 2.00. The minimum Gasteiger partial charge on any atom is -0.437 e. The second kappa shape index (κ2) is 5.59. The molecule has 4 heteroatoms. The summed E-state index contributed by atoms with van der Waals surface area (Å²) in [5.41, 5.74) is 3.26. The SMILES string of the molecule is Cc1cccc(Oc2cncc(CNC3CC3)n2)c1C. The summed E-state index contributed by atoms with van der Waals surface area (Å²) in [5.74, 6) is 1.39. The van der Waals surface area contributed by atoms with Crippen molar-refractivity contribution in [2.45, 2.75) is 39.3 Å². The molecule has 0 bridgehead atoms. The monoisotopic (exact) mass is 269 g/mol.